The maximum absolute atomic E-state index is 12.9. The summed E-state index contributed by atoms with van der Waals surface area (Å²) >= 11 is 0. The lowest BCUT2D eigenvalue weighted by atomic mass is 9.72. The number of rotatable bonds is 3. The van der Waals surface area contributed by atoms with E-state index in [1.807, 2.05) is 0 Å². The van der Waals surface area contributed by atoms with Crippen LogP contribution in [-0.2, 0) is 10.9 Å². The molecule has 1 unspecified atom stereocenters. The summed E-state index contributed by atoms with van der Waals surface area (Å²) in [4.78, 5) is 0. The number of halogens is 3. The van der Waals surface area contributed by atoms with Gasteiger partial charge in [-0.3, -0.25) is 0 Å². The second kappa shape index (κ2) is 4.55. The SMILES string of the molecule is COC1(C(N)c2ccccc2C(F)(F)F)CCC1. The van der Waals surface area contributed by atoms with Gasteiger partial charge in [0.05, 0.1) is 17.2 Å². The third-order valence-corrected chi connectivity index (χ3v) is 3.77. The van der Waals surface area contributed by atoms with Crippen molar-refractivity contribution in [3.63, 3.8) is 0 Å². The lowest BCUT2D eigenvalue weighted by molar-refractivity contribution is -0.140. The highest BCUT2D eigenvalue weighted by atomic mass is 19.4. The molecule has 2 nitrogen and oxygen atoms in total. The molecule has 0 bridgehead atoms. The predicted molar refractivity (Wildman–Crippen MR) is 62.0 cm³/mol. The van der Waals surface area contributed by atoms with Gasteiger partial charge in [-0.15, -0.1) is 0 Å². The first-order chi connectivity index (χ1) is 8.41. The molecule has 1 aliphatic carbocycles. The van der Waals surface area contributed by atoms with Crippen molar-refractivity contribution in [2.75, 3.05) is 7.11 Å². The van der Waals surface area contributed by atoms with E-state index >= 15 is 0 Å². The summed E-state index contributed by atoms with van der Waals surface area (Å²) in [6.45, 7) is 0. The second-order valence-electron chi connectivity index (χ2n) is 4.69. The van der Waals surface area contributed by atoms with E-state index in [1.54, 1.807) is 6.07 Å². The molecular formula is C13H16F3NO. The van der Waals surface area contributed by atoms with Gasteiger partial charge in [0.1, 0.15) is 0 Å². The highest BCUT2D eigenvalue weighted by Crippen LogP contribution is 2.46. The fourth-order valence-electron chi connectivity index (χ4n) is 2.48. The smallest absolute Gasteiger partial charge is 0.376 e. The van der Waals surface area contributed by atoms with Crippen LogP contribution in [0.2, 0.25) is 0 Å². The Hall–Kier alpha value is -1.07. The molecule has 1 aliphatic rings. The number of methoxy groups -OCH3 is 1. The number of benzene rings is 1. The van der Waals surface area contributed by atoms with Gasteiger partial charge in [0.2, 0.25) is 0 Å². The normalized spacial score (nSPS) is 20.3. The third kappa shape index (κ3) is 2.12. The lowest BCUT2D eigenvalue weighted by Crippen LogP contribution is -2.49. The quantitative estimate of drug-likeness (QED) is 0.904. The number of alkyl halides is 3. The van der Waals surface area contributed by atoms with E-state index in [9.17, 15) is 13.2 Å². The van der Waals surface area contributed by atoms with Gasteiger partial charge in [-0.05, 0) is 30.9 Å². The van der Waals surface area contributed by atoms with Crippen LogP contribution in [0.3, 0.4) is 0 Å². The van der Waals surface area contributed by atoms with Crippen molar-refractivity contribution in [1.29, 1.82) is 0 Å². The van der Waals surface area contributed by atoms with Crippen LogP contribution in [0.1, 0.15) is 36.4 Å². The van der Waals surface area contributed by atoms with E-state index in [0.29, 0.717) is 12.8 Å². The van der Waals surface area contributed by atoms with Gasteiger partial charge in [-0.25, -0.2) is 0 Å². The topological polar surface area (TPSA) is 35.2 Å². The minimum absolute atomic E-state index is 0.117. The third-order valence-electron chi connectivity index (χ3n) is 3.77. The molecular weight excluding hydrogens is 243 g/mol. The van der Waals surface area contributed by atoms with Gasteiger partial charge in [-0.2, -0.15) is 13.2 Å². The van der Waals surface area contributed by atoms with E-state index in [4.69, 9.17) is 10.5 Å². The molecule has 1 saturated carbocycles. The molecule has 0 saturated heterocycles. The number of ether oxygens (including phenoxy) is 1. The molecule has 18 heavy (non-hydrogen) atoms. The Morgan fingerprint density at radius 1 is 1.28 bits per heavy atom. The first-order valence-corrected chi connectivity index (χ1v) is 5.87. The zero-order chi connectivity index (χ0) is 13.4. The second-order valence-corrected chi connectivity index (χ2v) is 4.69. The Morgan fingerprint density at radius 2 is 1.89 bits per heavy atom. The van der Waals surface area contributed by atoms with Crippen molar-refractivity contribution in [3.8, 4) is 0 Å². The number of hydrogen-bond acceptors (Lipinski definition) is 2. The Morgan fingerprint density at radius 3 is 2.33 bits per heavy atom. The molecule has 2 rings (SSSR count). The number of hydrogen-bond donors (Lipinski definition) is 1. The van der Waals surface area contributed by atoms with Crippen molar-refractivity contribution < 1.29 is 17.9 Å². The molecule has 1 atom stereocenters. The zero-order valence-electron chi connectivity index (χ0n) is 10.1. The molecule has 0 radical (unpaired) electrons. The zero-order valence-corrected chi connectivity index (χ0v) is 10.1. The highest BCUT2D eigenvalue weighted by molar-refractivity contribution is 5.34. The Labute approximate surface area is 104 Å². The monoisotopic (exact) mass is 259 g/mol. The summed E-state index contributed by atoms with van der Waals surface area (Å²) in [6.07, 6.45) is -2.03. The average Bonchev–Trinajstić information content (AvgIpc) is 2.27. The number of nitrogens with two attached hydrogens (primary N) is 1. The maximum atomic E-state index is 12.9. The standard InChI is InChI=1S/C13H16F3NO/c1-18-12(7-4-8-12)11(17)9-5-2-3-6-10(9)13(14,15)16/h2-3,5-6,11H,4,7-8,17H2,1H3. The van der Waals surface area contributed by atoms with E-state index in [-0.39, 0.29) is 5.56 Å². The molecule has 1 aromatic rings. The molecule has 1 fully saturated rings. The van der Waals surface area contributed by atoms with Gasteiger partial charge >= 0.3 is 6.18 Å². The van der Waals surface area contributed by atoms with Gasteiger partial charge in [0.15, 0.2) is 0 Å². The van der Waals surface area contributed by atoms with Crippen molar-refractivity contribution in [2.45, 2.75) is 37.1 Å². The minimum atomic E-state index is -4.38. The lowest BCUT2D eigenvalue weighted by Gasteiger charge is -2.45. The molecule has 0 heterocycles. The van der Waals surface area contributed by atoms with Gasteiger partial charge < -0.3 is 10.5 Å². The van der Waals surface area contributed by atoms with E-state index < -0.39 is 23.4 Å². The average molecular weight is 259 g/mol. The van der Waals surface area contributed by atoms with Crippen LogP contribution >= 0.6 is 0 Å². The summed E-state index contributed by atoms with van der Waals surface area (Å²) in [5.74, 6) is 0. The summed E-state index contributed by atoms with van der Waals surface area (Å²) < 4.78 is 44.1. The van der Waals surface area contributed by atoms with Gasteiger partial charge in [-0.1, -0.05) is 18.2 Å². The van der Waals surface area contributed by atoms with Crippen molar-refractivity contribution in [3.05, 3.63) is 35.4 Å². The summed E-state index contributed by atoms with van der Waals surface area (Å²) in [5, 5.41) is 0. The first kappa shape index (κ1) is 13.4. The van der Waals surface area contributed by atoms with Crippen LogP contribution in [0, 0.1) is 0 Å². The van der Waals surface area contributed by atoms with Crippen LogP contribution in [-0.4, -0.2) is 12.7 Å². The van der Waals surface area contributed by atoms with Crippen LogP contribution in [0.25, 0.3) is 0 Å². The summed E-state index contributed by atoms with van der Waals surface area (Å²) in [6, 6.07) is 4.71. The van der Waals surface area contributed by atoms with Crippen LogP contribution in [0.15, 0.2) is 24.3 Å². The summed E-state index contributed by atoms with van der Waals surface area (Å²) in [7, 11) is 1.51. The molecule has 1 aromatic carbocycles. The highest BCUT2D eigenvalue weighted by Gasteiger charge is 2.46. The molecule has 0 aliphatic heterocycles. The minimum Gasteiger partial charge on any atom is -0.376 e. The van der Waals surface area contributed by atoms with Crippen LogP contribution < -0.4 is 5.73 Å². The Kier molecular flexibility index (Phi) is 3.38. The molecule has 0 aromatic heterocycles. The van der Waals surface area contributed by atoms with Gasteiger partial charge in [0.25, 0.3) is 0 Å². The first-order valence-electron chi connectivity index (χ1n) is 5.87. The molecule has 5 heteroatoms. The predicted octanol–water partition coefficient (Wildman–Crippen LogP) is 3.27. The molecule has 100 valence electrons. The van der Waals surface area contributed by atoms with E-state index in [2.05, 4.69) is 0 Å². The Bertz CT molecular complexity index is 421. The molecule has 2 N–H and O–H groups in total. The summed E-state index contributed by atoms with van der Waals surface area (Å²) in [5.41, 5.74) is 4.83. The fourth-order valence-corrected chi connectivity index (χ4v) is 2.48. The van der Waals surface area contributed by atoms with Crippen molar-refractivity contribution >= 4 is 0 Å². The molecule has 0 spiro atoms. The van der Waals surface area contributed by atoms with Crippen molar-refractivity contribution in [2.24, 2.45) is 5.73 Å². The van der Waals surface area contributed by atoms with Gasteiger partial charge in [0, 0.05) is 7.11 Å². The van der Waals surface area contributed by atoms with Crippen LogP contribution in [0.5, 0.6) is 0 Å². The van der Waals surface area contributed by atoms with E-state index in [0.717, 1.165) is 12.5 Å². The van der Waals surface area contributed by atoms with Crippen LogP contribution in [0.4, 0.5) is 13.2 Å². The largest absolute Gasteiger partial charge is 0.416 e. The molecule has 0 amide bonds. The Balaban J connectivity index is 2.39. The van der Waals surface area contributed by atoms with E-state index in [1.165, 1.54) is 19.2 Å². The maximum Gasteiger partial charge on any atom is 0.416 e. The van der Waals surface area contributed by atoms with Crippen molar-refractivity contribution in [1.82, 2.24) is 0 Å². The fraction of sp³-hybridized carbons (Fsp3) is 0.538.